The molecule has 7 nitrogen and oxygen atoms in total. The van der Waals surface area contributed by atoms with Crippen molar-refractivity contribution in [3.05, 3.63) is 94.8 Å². The van der Waals surface area contributed by atoms with Gasteiger partial charge in [-0.2, -0.15) is 0 Å². The quantitative estimate of drug-likeness (QED) is 0.229. The predicted octanol–water partition coefficient (Wildman–Crippen LogP) is 5.73. The number of nitrogens with one attached hydrogen (secondary N) is 3. The summed E-state index contributed by atoms with van der Waals surface area (Å²) in [6, 6.07) is 17.2. The van der Waals surface area contributed by atoms with Crippen molar-refractivity contribution in [2.45, 2.75) is 39.8 Å². The second kappa shape index (κ2) is 11.0. The SMILES string of the molecule is COc1ccnc(NCc2c[nH]c(-c3ccc(CC(Nc4c(C)cc(C)cc4C)C(=O)O)cc3)c2)c1. The number of carboxylic acid groups (broad SMARTS) is 1. The number of pyridine rings is 1. The van der Waals surface area contributed by atoms with E-state index in [1.165, 1.54) is 5.56 Å². The summed E-state index contributed by atoms with van der Waals surface area (Å²) >= 11 is 0. The zero-order valence-electron chi connectivity index (χ0n) is 21.1. The van der Waals surface area contributed by atoms with Gasteiger partial charge in [-0.25, -0.2) is 9.78 Å². The van der Waals surface area contributed by atoms with Gasteiger partial charge in [-0.3, -0.25) is 0 Å². The summed E-state index contributed by atoms with van der Waals surface area (Å²) in [5, 5.41) is 16.4. The van der Waals surface area contributed by atoms with Gasteiger partial charge >= 0.3 is 5.97 Å². The maximum Gasteiger partial charge on any atom is 0.326 e. The van der Waals surface area contributed by atoms with E-state index in [4.69, 9.17) is 4.74 Å². The van der Waals surface area contributed by atoms with Crippen LogP contribution in [0.15, 0.2) is 67.0 Å². The molecule has 2 aromatic heterocycles. The minimum absolute atomic E-state index is 0.385. The van der Waals surface area contributed by atoms with Crippen LogP contribution in [0.3, 0.4) is 0 Å². The molecular weight excluding hydrogens is 452 g/mol. The van der Waals surface area contributed by atoms with Crippen LogP contribution in [-0.2, 0) is 17.8 Å². The normalized spacial score (nSPS) is 11.7. The molecule has 0 saturated carbocycles. The molecule has 0 saturated heterocycles. The average Bonchev–Trinajstić information content (AvgIpc) is 3.33. The molecule has 0 amide bonds. The number of aryl methyl sites for hydroxylation is 3. The van der Waals surface area contributed by atoms with E-state index in [0.29, 0.717) is 13.0 Å². The van der Waals surface area contributed by atoms with Crippen LogP contribution in [0.4, 0.5) is 11.5 Å². The highest BCUT2D eigenvalue weighted by molar-refractivity contribution is 5.79. The van der Waals surface area contributed by atoms with E-state index in [2.05, 4.69) is 38.8 Å². The molecule has 0 aliphatic rings. The number of hydrogen-bond donors (Lipinski definition) is 4. The van der Waals surface area contributed by atoms with Crippen molar-refractivity contribution in [2.24, 2.45) is 0 Å². The number of ether oxygens (including phenoxy) is 1. The molecule has 0 fully saturated rings. The summed E-state index contributed by atoms with van der Waals surface area (Å²) in [4.78, 5) is 19.6. The third-order valence-electron chi connectivity index (χ3n) is 6.18. The molecule has 7 heteroatoms. The summed E-state index contributed by atoms with van der Waals surface area (Å²) in [6.45, 7) is 6.67. The molecule has 0 spiro atoms. The van der Waals surface area contributed by atoms with Crippen molar-refractivity contribution in [3.63, 3.8) is 0 Å². The fourth-order valence-electron chi connectivity index (χ4n) is 4.37. The maximum atomic E-state index is 12.0. The van der Waals surface area contributed by atoms with Gasteiger partial charge in [0.15, 0.2) is 0 Å². The van der Waals surface area contributed by atoms with Crippen LogP contribution in [0.1, 0.15) is 27.8 Å². The number of aliphatic carboxylic acids is 1. The summed E-state index contributed by atoms with van der Waals surface area (Å²) in [7, 11) is 1.63. The number of anilines is 2. The lowest BCUT2D eigenvalue weighted by atomic mass is 10.0. The third kappa shape index (κ3) is 6.05. The van der Waals surface area contributed by atoms with Crippen molar-refractivity contribution < 1.29 is 14.6 Å². The lowest BCUT2D eigenvalue weighted by Crippen LogP contribution is -2.32. The van der Waals surface area contributed by atoms with Crippen molar-refractivity contribution >= 4 is 17.5 Å². The molecule has 2 heterocycles. The third-order valence-corrected chi connectivity index (χ3v) is 6.18. The van der Waals surface area contributed by atoms with E-state index in [9.17, 15) is 9.90 Å². The highest BCUT2D eigenvalue weighted by Gasteiger charge is 2.20. The van der Waals surface area contributed by atoms with E-state index in [1.54, 1.807) is 13.3 Å². The molecule has 0 radical (unpaired) electrons. The first-order valence-electron chi connectivity index (χ1n) is 11.9. The van der Waals surface area contributed by atoms with Crippen LogP contribution in [0.25, 0.3) is 11.3 Å². The number of aromatic amines is 1. The highest BCUT2D eigenvalue weighted by atomic mass is 16.5. The summed E-state index contributed by atoms with van der Waals surface area (Å²) in [5.74, 6) is 0.636. The monoisotopic (exact) mass is 484 g/mol. The first-order chi connectivity index (χ1) is 17.3. The molecule has 36 heavy (non-hydrogen) atoms. The number of hydrogen-bond acceptors (Lipinski definition) is 5. The van der Waals surface area contributed by atoms with E-state index in [0.717, 1.165) is 50.8 Å². The molecule has 1 atom stereocenters. The average molecular weight is 485 g/mol. The molecule has 2 aromatic carbocycles. The van der Waals surface area contributed by atoms with E-state index in [1.807, 2.05) is 63.4 Å². The fraction of sp³-hybridized carbons (Fsp3) is 0.241. The summed E-state index contributed by atoms with van der Waals surface area (Å²) < 4.78 is 5.24. The van der Waals surface area contributed by atoms with Crippen LogP contribution < -0.4 is 15.4 Å². The number of methoxy groups -OCH3 is 1. The predicted molar refractivity (Wildman–Crippen MR) is 144 cm³/mol. The zero-order chi connectivity index (χ0) is 25.7. The summed E-state index contributed by atoms with van der Waals surface area (Å²) in [6.07, 6.45) is 4.06. The van der Waals surface area contributed by atoms with Crippen molar-refractivity contribution in [2.75, 3.05) is 17.7 Å². The van der Waals surface area contributed by atoms with Gasteiger partial charge in [0.1, 0.15) is 17.6 Å². The van der Waals surface area contributed by atoms with Gasteiger partial charge in [0.05, 0.1) is 7.11 Å². The van der Waals surface area contributed by atoms with Gasteiger partial charge < -0.3 is 25.5 Å². The minimum Gasteiger partial charge on any atom is -0.497 e. The maximum absolute atomic E-state index is 12.0. The van der Waals surface area contributed by atoms with E-state index < -0.39 is 12.0 Å². The Hall–Kier alpha value is -4.26. The first-order valence-corrected chi connectivity index (χ1v) is 11.9. The lowest BCUT2D eigenvalue weighted by Gasteiger charge is -2.20. The zero-order valence-corrected chi connectivity index (χ0v) is 21.1. The van der Waals surface area contributed by atoms with Gasteiger partial charge in [-0.05, 0) is 60.7 Å². The first kappa shape index (κ1) is 24.9. The Morgan fingerprint density at radius 2 is 1.75 bits per heavy atom. The number of H-pyrrole nitrogens is 1. The number of carboxylic acids is 1. The van der Waals surface area contributed by atoms with Gasteiger partial charge in [-0.1, -0.05) is 42.0 Å². The Balaban J connectivity index is 1.40. The second-order valence-electron chi connectivity index (χ2n) is 9.07. The highest BCUT2D eigenvalue weighted by Crippen LogP contribution is 2.25. The topological polar surface area (TPSA) is 99.3 Å². The smallest absolute Gasteiger partial charge is 0.326 e. The minimum atomic E-state index is -0.870. The number of rotatable bonds is 10. The van der Waals surface area contributed by atoms with Crippen molar-refractivity contribution in [1.82, 2.24) is 9.97 Å². The van der Waals surface area contributed by atoms with Crippen LogP contribution in [0.5, 0.6) is 5.75 Å². The van der Waals surface area contributed by atoms with Gasteiger partial charge in [-0.15, -0.1) is 0 Å². The second-order valence-corrected chi connectivity index (χ2v) is 9.07. The molecule has 4 aromatic rings. The number of benzene rings is 2. The Bertz CT molecular complexity index is 1320. The van der Waals surface area contributed by atoms with E-state index >= 15 is 0 Å². The van der Waals surface area contributed by atoms with Crippen LogP contribution >= 0.6 is 0 Å². The number of aromatic nitrogens is 2. The van der Waals surface area contributed by atoms with Crippen LogP contribution in [0.2, 0.25) is 0 Å². The van der Waals surface area contributed by atoms with E-state index in [-0.39, 0.29) is 0 Å². The Morgan fingerprint density at radius 1 is 1.03 bits per heavy atom. The van der Waals surface area contributed by atoms with Gasteiger partial charge in [0.2, 0.25) is 0 Å². The Kier molecular flexibility index (Phi) is 7.59. The molecule has 186 valence electrons. The van der Waals surface area contributed by atoms with Crippen LogP contribution in [0, 0.1) is 20.8 Å². The molecule has 4 rings (SSSR count). The molecule has 0 aliphatic heterocycles. The number of nitrogens with zero attached hydrogens (tertiary/aromatic N) is 1. The van der Waals surface area contributed by atoms with Crippen molar-refractivity contribution in [1.29, 1.82) is 0 Å². The van der Waals surface area contributed by atoms with Gasteiger partial charge in [0, 0.05) is 42.8 Å². The van der Waals surface area contributed by atoms with Crippen LogP contribution in [-0.4, -0.2) is 34.2 Å². The molecule has 4 N–H and O–H groups in total. The lowest BCUT2D eigenvalue weighted by molar-refractivity contribution is -0.137. The largest absolute Gasteiger partial charge is 0.497 e. The molecular formula is C29H32N4O3. The van der Waals surface area contributed by atoms with Crippen molar-refractivity contribution in [3.8, 4) is 17.0 Å². The Morgan fingerprint density at radius 3 is 2.42 bits per heavy atom. The molecule has 1 unspecified atom stereocenters. The fourth-order valence-corrected chi connectivity index (χ4v) is 4.37. The standard InChI is InChI=1S/C29H32N4O3/c1-18-11-19(2)28(20(3)12-18)33-26(29(34)35)13-21-5-7-23(8-6-21)25-14-22(16-31-25)17-32-27-15-24(36-4)9-10-30-27/h5-12,14-16,26,31,33H,13,17H2,1-4H3,(H,30,32)(H,34,35). The molecule has 0 bridgehead atoms. The van der Waals surface area contributed by atoms with Gasteiger partial charge in [0.25, 0.3) is 0 Å². The Labute approximate surface area is 211 Å². The molecule has 0 aliphatic carbocycles. The number of carbonyl (C=O) groups is 1. The summed E-state index contributed by atoms with van der Waals surface area (Å²) in [5.41, 5.74) is 8.24.